The third-order valence-corrected chi connectivity index (χ3v) is 4.89. The number of ether oxygens (including phenoxy) is 2. The van der Waals surface area contributed by atoms with Crippen LogP contribution in [0.4, 0.5) is 18.9 Å². The minimum atomic E-state index is -4.60. The van der Waals surface area contributed by atoms with Crippen molar-refractivity contribution in [2.45, 2.75) is 44.1 Å². The van der Waals surface area contributed by atoms with Gasteiger partial charge in [-0.15, -0.1) is 0 Å². The lowest BCUT2D eigenvalue weighted by Gasteiger charge is -2.31. The zero-order valence-corrected chi connectivity index (χ0v) is 14.4. The van der Waals surface area contributed by atoms with E-state index in [-0.39, 0.29) is 0 Å². The molecule has 1 saturated carbocycles. The van der Waals surface area contributed by atoms with Gasteiger partial charge in [0, 0.05) is 24.6 Å². The van der Waals surface area contributed by atoms with E-state index in [1.807, 2.05) is 0 Å². The molecule has 4 rings (SSSR count). The third-order valence-electron chi connectivity index (χ3n) is 4.89. The van der Waals surface area contributed by atoms with Gasteiger partial charge in [-0.3, -0.25) is 4.79 Å². The molecule has 0 unspecified atom stereocenters. The average Bonchev–Trinajstić information content (AvgIpc) is 2.98. The SMILES string of the molecule is O=C(Nc1ccc2c(c1)OC1(CCCCC1)O2)c1ccccc1C(F)(F)F. The molecule has 0 bridgehead atoms. The Balaban J connectivity index is 1.54. The minimum absolute atomic E-state index is 0.354. The molecule has 4 nitrogen and oxygen atoms in total. The van der Waals surface area contributed by atoms with Gasteiger partial charge in [-0.05, 0) is 37.1 Å². The summed E-state index contributed by atoms with van der Waals surface area (Å²) in [5.74, 6) is -0.384. The van der Waals surface area contributed by atoms with Crippen LogP contribution >= 0.6 is 0 Å². The van der Waals surface area contributed by atoms with Crippen molar-refractivity contribution in [1.82, 2.24) is 0 Å². The van der Waals surface area contributed by atoms with Gasteiger partial charge in [-0.25, -0.2) is 0 Å². The van der Waals surface area contributed by atoms with Crippen LogP contribution in [0.25, 0.3) is 0 Å². The molecule has 1 heterocycles. The molecular weight excluding hydrogens is 359 g/mol. The highest BCUT2D eigenvalue weighted by Gasteiger charge is 2.42. The first-order valence-corrected chi connectivity index (χ1v) is 8.86. The van der Waals surface area contributed by atoms with E-state index in [1.165, 1.54) is 12.1 Å². The maximum absolute atomic E-state index is 13.1. The fraction of sp³-hybridized carbons (Fsp3) is 0.350. The Bertz CT molecular complexity index is 873. The number of nitrogens with one attached hydrogen (secondary N) is 1. The molecule has 2 aromatic carbocycles. The van der Waals surface area contributed by atoms with E-state index in [1.54, 1.807) is 18.2 Å². The van der Waals surface area contributed by atoms with E-state index in [4.69, 9.17) is 9.47 Å². The number of carbonyl (C=O) groups excluding carboxylic acids is 1. The molecular formula is C20H18F3NO3. The maximum atomic E-state index is 13.1. The summed E-state index contributed by atoms with van der Waals surface area (Å²) in [6.45, 7) is 0. The van der Waals surface area contributed by atoms with E-state index in [0.29, 0.717) is 17.2 Å². The quantitative estimate of drug-likeness (QED) is 0.763. The van der Waals surface area contributed by atoms with Crippen LogP contribution in [-0.4, -0.2) is 11.7 Å². The van der Waals surface area contributed by atoms with Gasteiger partial charge in [0.05, 0.1) is 11.1 Å². The molecule has 0 radical (unpaired) electrons. The fourth-order valence-electron chi connectivity index (χ4n) is 3.59. The number of fused-ring (bicyclic) bond motifs is 1. The predicted molar refractivity (Wildman–Crippen MR) is 92.9 cm³/mol. The van der Waals surface area contributed by atoms with Gasteiger partial charge in [0.25, 0.3) is 11.7 Å². The molecule has 0 aromatic heterocycles. The van der Waals surface area contributed by atoms with E-state index in [0.717, 1.165) is 44.2 Å². The van der Waals surface area contributed by atoms with E-state index in [2.05, 4.69) is 5.32 Å². The summed E-state index contributed by atoms with van der Waals surface area (Å²) in [5, 5.41) is 2.52. The van der Waals surface area contributed by atoms with Crippen molar-refractivity contribution in [3.05, 3.63) is 53.6 Å². The van der Waals surface area contributed by atoms with Crippen molar-refractivity contribution in [1.29, 1.82) is 0 Å². The van der Waals surface area contributed by atoms with Crippen molar-refractivity contribution in [3.63, 3.8) is 0 Å². The van der Waals surface area contributed by atoms with Crippen LogP contribution in [0.3, 0.4) is 0 Å². The second-order valence-corrected chi connectivity index (χ2v) is 6.83. The summed E-state index contributed by atoms with van der Waals surface area (Å²) in [5.41, 5.74) is -1.04. The number of hydrogen-bond donors (Lipinski definition) is 1. The molecule has 27 heavy (non-hydrogen) atoms. The first kappa shape index (κ1) is 17.7. The number of anilines is 1. The molecule has 142 valence electrons. The highest BCUT2D eigenvalue weighted by atomic mass is 19.4. The van der Waals surface area contributed by atoms with E-state index in [9.17, 15) is 18.0 Å². The summed E-state index contributed by atoms with van der Waals surface area (Å²) >= 11 is 0. The van der Waals surface area contributed by atoms with Crippen LogP contribution in [0.1, 0.15) is 48.0 Å². The largest absolute Gasteiger partial charge is 0.448 e. The maximum Gasteiger partial charge on any atom is 0.417 e. The number of hydrogen-bond acceptors (Lipinski definition) is 3. The second-order valence-electron chi connectivity index (χ2n) is 6.83. The van der Waals surface area contributed by atoms with Gasteiger partial charge < -0.3 is 14.8 Å². The van der Waals surface area contributed by atoms with Gasteiger partial charge in [0.1, 0.15) is 0 Å². The third kappa shape index (κ3) is 3.46. The van der Waals surface area contributed by atoms with Crippen molar-refractivity contribution >= 4 is 11.6 Å². The normalized spacial score (nSPS) is 17.7. The zero-order chi connectivity index (χ0) is 19.1. The molecule has 1 aliphatic heterocycles. The number of carbonyl (C=O) groups is 1. The highest BCUT2D eigenvalue weighted by molar-refractivity contribution is 6.05. The number of alkyl halides is 3. The van der Waals surface area contributed by atoms with E-state index < -0.39 is 29.0 Å². The van der Waals surface area contributed by atoms with E-state index >= 15 is 0 Å². The Morgan fingerprint density at radius 1 is 0.963 bits per heavy atom. The minimum Gasteiger partial charge on any atom is -0.448 e. The summed E-state index contributed by atoms with van der Waals surface area (Å²) in [7, 11) is 0. The molecule has 1 spiro atoms. The van der Waals surface area contributed by atoms with Crippen molar-refractivity contribution in [2.24, 2.45) is 0 Å². The number of benzene rings is 2. The predicted octanol–water partition coefficient (Wildman–Crippen LogP) is 5.39. The van der Waals surface area contributed by atoms with Gasteiger partial charge in [-0.2, -0.15) is 13.2 Å². The Hall–Kier alpha value is -2.70. The Labute approximate surface area is 154 Å². The summed E-state index contributed by atoms with van der Waals surface area (Å²) < 4.78 is 51.3. The van der Waals surface area contributed by atoms with Gasteiger partial charge in [0.2, 0.25) is 0 Å². The molecule has 0 atom stereocenters. The lowest BCUT2D eigenvalue weighted by molar-refractivity contribution is -0.137. The average molecular weight is 377 g/mol. The molecule has 2 aromatic rings. The summed E-state index contributed by atoms with van der Waals surface area (Å²) in [4.78, 5) is 12.4. The zero-order valence-electron chi connectivity index (χ0n) is 14.4. The molecule has 0 saturated heterocycles. The number of amides is 1. The summed E-state index contributed by atoms with van der Waals surface area (Å²) in [6, 6.07) is 9.55. The fourth-order valence-corrected chi connectivity index (χ4v) is 3.59. The van der Waals surface area contributed by atoms with Crippen molar-refractivity contribution < 1.29 is 27.4 Å². The first-order valence-electron chi connectivity index (χ1n) is 8.86. The second kappa shape index (κ2) is 6.48. The standard InChI is InChI=1S/C20H18F3NO3/c21-20(22,23)15-7-3-2-6-14(15)18(25)24-13-8-9-16-17(12-13)27-19(26-16)10-4-1-5-11-19/h2-3,6-9,12H,1,4-5,10-11H2,(H,24,25). The van der Waals surface area contributed by atoms with Crippen molar-refractivity contribution in [3.8, 4) is 11.5 Å². The first-order chi connectivity index (χ1) is 12.9. The van der Waals surface area contributed by atoms with Gasteiger partial charge in [-0.1, -0.05) is 18.6 Å². The molecule has 1 aliphatic carbocycles. The molecule has 2 aliphatic rings. The van der Waals surface area contributed by atoms with Crippen LogP contribution in [0.15, 0.2) is 42.5 Å². The van der Waals surface area contributed by atoms with Gasteiger partial charge in [0.15, 0.2) is 11.5 Å². The number of rotatable bonds is 2. The van der Waals surface area contributed by atoms with Crippen LogP contribution in [-0.2, 0) is 6.18 Å². The Kier molecular flexibility index (Phi) is 4.25. The van der Waals surface area contributed by atoms with Crippen LogP contribution in [0.2, 0.25) is 0 Å². The van der Waals surface area contributed by atoms with Crippen LogP contribution < -0.4 is 14.8 Å². The lowest BCUT2D eigenvalue weighted by Crippen LogP contribution is -2.40. The van der Waals surface area contributed by atoms with Crippen molar-refractivity contribution in [2.75, 3.05) is 5.32 Å². The Morgan fingerprint density at radius 2 is 1.67 bits per heavy atom. The topological polar surface area (TPSA) is 47.6 Å². The summed E-state index contributed by atoms with van der Waals surface area (Å²) in [6.07, 6.45) is 0.170. The van der Waals surface area contributed by atoms with Crippen LogP contribution in [0.5, 0.6) is 11.5 Å². The monoisotopic (exact) mass is 377 g/mol. The molecule has 1 fully saturated rings. The number of halogens is 3. The molecule has 7 heteroatoms. The molecule has 1 amide bonds. The van der Waals surface area contributed by atoms with Crippen LogP contribution in [0, 0.1) is 0 Å². The van der Waals surface area contributed by atoms with Gasteiger partial charge >= 0.3 is 6.18 Å². The highest BCUT2D eigenvalue weighted by Crippen LogP contribution is 2.46. The Morgan fingerprint density at radius 3 is 2.41 bits per heavy atom. The molecule has 1 N–H and O–H groups in total. The smallest absolute Gasteiger partial charge is 0.417 e. The lowest BCUT2D eigenvalue weighted by atomic mass is 9.94.